The highest BCUT2D eigenvalue weighted by Gasteiger charge is 2.01. The van der Waals surface area contributed by atoms with Crippen LogP contribution in [0.25, 0.3) is 21.9 Å². The van der Waals surface area contributed by atoms with Gasteiger partial charge in [-0.15, -0.1) is 0 Å². The van der Waals surface area contributed by atoms with E-state index in [-0.39, 0.29) is 0 Å². The summed E-state index contributed by atoms with van der Waals surface area (Å²) in [6, 6.07) is 20.4. The van der Waals surface area contributed by atoms with Gasteiger partial charge in [-0.05, 0) is 52.2 Å². The van der Waals surface area contributed by atoms with Crippen LogP contribution in [0.4, 0.5) is 5.69 Å². The normalized spacial score (nSPS) is 10.6. The van der Waals surface area contributed by atoms with E-state index in [0.29, 0.717) is 0 Å². The van der Waals surface area contributed by atoms with E-state index in [0.717, 1.165) is 22.4 Å². The van der Waals surface area contributed by atoms with Gasteiger partial charge in [-0.25, -0.2) is 0 Å². The largest absolute Gasteiger partial charge is 0.497 e. The summed E-state index contributed by atoms with van der Waals surface area (Å²) in [5.74, 6) is 0.870. The van der Waals surface area contributed by atoms with E-state index in [1.165, 1.54) is 10.9 Å². The molecule has 0 atom stereocenters. The highest BCUT2D eigenvalue weighted by molar-refractivity contribution is 5.89. The van der Waals surface area contributed by atoms with Crippen LogP contribution < -0.4 is 10.5 Å². The third-order valence-electron chi connectivity index (χ3n) is 3.27. The van der Waals surface area contributed by atoms with E-state index in [1.54, 1.807) is 7.11 Å². The fourth-order valence-corrected chi connectivity index (χ4v) is 2.25. The van der Waals surface area contributed by atoms with Crippen LogP contribution in [0.5, 0.6) is 5.75 Å². The lowest BCUT2D eigenvalue weighted by Crippen LogP contribution is -1.85. The fourth-order valence-electron chi connectivity index (χ4n) is 2.25. The van der Waals surface area contributed by atoms with Crippen molar-refractivity contribution in [3.8, 4) is 16.9 Å². The lowest BCUT2D eigenvalue weighted by Gasteiger charge is -2.07. The number of nitrogen functional groups attached to an aromatic ring is 1. The molecule has 0 radical (unpaired) electrons. The van der Waals surface area contributed by atoms with Crippen molar-refractivity contribution in [1.82, 2.24) is 0 Å². The average Bonchev–Trinajstić information content (AvgIpc) is 2.46. The molecule has 0 aromatic heterocycles. The summed E-state index contributed by atoms with van der Waals surface area (Å²) in [7, 11) is 1.68. The van der Waals surface area contributed by atoms with E-state index >= 15 is 0 Å². The van der Waals surface area contributed by atoms with Gasteiger partial charge in [-0.1, -0.05) is 30.3 Å². The van der Waals surface area contributed by atoms with Gasteiger partial charge in [0.2, 0.25) is 0 Å². The molecule has 0 fully saturated rings. The number of hydrogen-bond acceptors (Lipinski definition) is 2. The van der Waals surface area contributed by atoms with Gasteiger partial charge in [0.1, 0.15) is 5.75 Å². The van der Waals surface area contributed by atoms with Gasteiger partial charge >= 0.3 is 0 Å². The SMILES string of the molecule is COc1cccc(-c2ccc3cc(N)ccc3c2)c1. The smallest absolute Gasteiger partial charge is 0.119 e. The first-order valence-corrected chi connectivity index (χ1v) is 6.20. The van der Waals surface area contributed by atoms with Crippen LogP contribution in [0.15, 0.2) is 60.7 Å². The molecule has 3 rings (SSSR count). The van der Waals surface area contributed by atoms with Crippen LogP contribution >= 0.6 is 0 Å². The Morgan fingerprint density at radius 1 is 0.789 bits per heavy atom. The predicted molar refractivity (Wildman–Crippen MR) is 80.3 cm³/mol. The Morgan fingerprint density at radius 3 is 2.37 bits per heavy atom. The van der Waals surface area contributed by atoms with Crippen molar-refractivity contribution < 1.29 is 4.74 Å². The van der Waals surface area contributed by atoms with Crippen LogP contribution in [0.2, 0.25) is 0 Å². The quantitative estimate of drug-likeness (QED) is 0.694. The number of methoxy groups -OCH3 is 1. The van der Waals surface area contributed by atoms with E-state index in [9.17, 15) is 0 Å². The maximum absolute atomic E-state index is 5.79. The van der Waals surface area contributed by atoms with Gasteiger partial charge in [0.15, 0.2) is 0 Å². The highest BCUT2D eigenvalue weighted by atomic mass is 16.5. The molecule has 0 heterocycles. The molecule has 0 bridgehead atoms. The second-order valence-electron chi connectivity index (χ2n) is 4.55. The summed E-state index contributed by atoms with van der Waals surface area (Å²) >= 11 is 0. The summed E-state index contributed by atoms with van der Waals surface area (Å²) in [5.41, 5.74) is 8.92. The Bertz CT molecular complexity index is 734. The predicted octanol–water partition coefficient (Wildman–Crippen LogP) is 4.10. The minimum absolute atomic E-state index is 0.793. The zero-order valence-electron chi connectivity index (χ0n) is 10.8. The Morgan fingerprint density at radius 2 is 1.53 bits per heavy atom. The molecular weight excluding hydrogens is 234 g/mol. The van der Waals surface area contributed by atoms with Gasteiger partial charge in [0, 0.05) is 5.69 Å². The summed E-state index contributed by atoms with van der Waals surface area (Å²) in [5, 5.41) is 2.35. The van der Waals surface area contributed by atoms with Crippen molar-refractivity contribution in [2.45, 2.75) is 0 Å². The molecule has 0 aliphatic rings. The number of hydrogen-bond donors (Lipinski definition) is 1. The first-order chi connectivity index (χ1) is 9.26. The Labute approximate surface area is 112 Å². The standard InChI is InChI=1S/C17H15NO/c1-19-17-4-2-3-12(11-17)13-5-6-15-10-16(18)8-7-14(15)9-13/h2-11H,18H2,1H3. The van der Waals surface area contributed by atoms with Gasteiger partial charge in [0.25, 0.3) is 0 Å². The lowest BCUT2D eigenvalue weighted by molar-refractivity contribution is 0.415. The second-order valence-corrected chi connectivity index (χ2v) is 4.55. The average molecular weight is 249 g/mol. The summed E-state index contributed by atoms with van der Waals surface area (Å²) in [6.07, 6.45) is 0. The number of ether oxygens (including phenoxy) is 1. The summed E-state index contributed by atoms with van der Waals surface area (Å²) < 4.78 is 5.26. The minimum atomic E-state index is 0.793. The maximum atomic E-state index is 5.79. The molecule has 0 saturated carbocycles. The topological polar surface area (TPSA) is 35.2 Å². The van der Waals surface area contributed by atoms with Crippen molar-refractivity contribution in [3.63, 3.8) is 0 Å². The maximum Gasteiger partial charge on any atom is 0.119 e. The Hall–Kier alpha value is -2.48. The van der Waals surface area contributed by atoms with Crippen molar-refractivity contribution in [2.75, 3.05) is 12.8 Å². The number of nitrogens with two attached hydrogens (primary N) is 1. The van der Waals surface area contributed by atoms with Crippen LogP contribution in [-0.4, -0.2) is 7.11 Å². The lowest BCUT2D eigenvalue weighted by atomic mass is 10.0. The molecule has 2 heteroatoms. The van der Waals surface area contributed by atoms with E-state index in [2.05, 4.69) is 24.3 Å². The number of rotatable bonds is 2. The fraction of sp³-hybridized carbons (Fsp3) is 0.0588. The van der Waals surface area contributed by atoms with E-state index in [1.807, 2.05) is 36.4 Å². The van der Waals surface area contributed by atoms with Crippen LogP contribution in [-0.2, 0) is 0 Å². The molecule has 3 aromatic rings. The summed E-state index contributed by atoms with van der Waals surface area (Å²) in [6.45, 7) is 0. The molecule has 19 heavy (non-hydrogen) atoms. The van der Waals surface area contributed by atoms with Crippen molar-refractivity contribution in [3.05, 3.63) is 60.7 Å². The monoisotopic (exact) mass is 249 g/mol. The van der Waals surface area contributed by atoms with Crippen LogP contribution in [0.1, 0.15) is 0 Å². The van der Waals surface area contributed by atoms with E-state index < -0.39 is 0 Å². The highest BCUT2D eigenvalue weighted by Crippen LogP contribution is 2.27. The molecule has 0 amide bonds. The molecule has 94 valence electrons. The molecule has 0 aliphatic heterocycles. The number of fused-ring (bicyclic) bond motifs is 1. The first kappa shape index (κ1) is 11.6. The third-order valence-corrected chi connectivity index (χ3v) is 3.27. The minimum Gasteiger partial charge on any atom is -0.497 e. The molecule has 0 saturated heterocycles. The molecule has 0 aliphatic carbocycles. The first-order valence-electron chi connectivity index (χ1n) is 6.20. The van der Waals surface area contributed by atoms with Gasteiger partial charge in [0.05, 0.1) is 7.11 Å². The van der Waals surface area contributed by atoms with Crippen LogP contribution in [0, 0.1) is 0 Å². The van der Waals surface area contributed by atoms with Gasteiger partial charge in [-0.2, -0.15) is 0 Å². The van der Waals surface area contributed by atoms with E-state index in [4.69, 9.17) is 10.5 Å². The molecule has 2 nitrogen and oxygen atoms in total. The van der Waals surface area contributed by atoms with Gasteiger partial charge < -0.3 is 10.5 Å². The third kappa shape index (κ3) is 2.25. The van der Waals surface area contributed by atoms with Crippen molar-refractivity contribution in [2.24, 2.45) is 0 Å². The van der Waals surface area contributed by atoms with Crippen molar-refractivity contribution >= 4 is 16.5 Å². The molecule has 0 spiro atoms. The Balaban J connectivity index is 2.12. The molecular formula is C17H15NO. The molecule has 3 aromatic carbocycles. The number of benzene rings is 3. The van der Waals surface area contributed by atoms with Crippen molar-refractivity contribution in [1.29, 1.82) is 0 Å². The Kier molecular flexibility index (Phi) is 2.84. The zero-order valence-corrected chi connectivity index (χ0v) is 10.8. The second kappa shape index (κ2) is 4.65. The van der Waals surface area contributed by atoms with Gasteiger partial charge in [-0.3, -0.25) is 0 Å². The molecule has 0 unspecified atom stereocenters. The van der Waals surface area contributed by atoms with Crippen LogP contribution in [0.3, 0.4) is 0 Å². The zero-order chi connectivity index (χ0) is 13.2. The molecule has 2 N–H and O–H groups in total. The number of anilines is 1. The summed E-state index contributed by atoms with van der Waals surface area (Å²) in [4.78, 5) is 0.